The van der Waals surface area contributed by atoms with E-state index in [0.29, 0.717) is 12.2 Å². The fraction of sp³-hybridized carbons (Fsp3) is 0.455. The minimum atomic E-state index is -4.15. The molecule has 0 aromatic heterocycles. The van der Waals surface area contributed by atoms with E-state index in [1.807, 2.05) is 13.8 Å². The molecular formula is C11H18ClNO3S. The minimum Gasteiger partial charge on any atom is -0.384 e. The normalized spacial score (nSPS) is 10.8. The van der Waals surface area contributed by atoms with E-state index in [4.69, 9.17) is 4.55 Å². The van der Waals surface area contributed by atoms with E-state index in [9.17, 15) is 8.42 Å². The van der Waals surface area contributed by atoms with Gasteiger partial charge in [-0.25, -0.2) is 0 Å². The molecule has 0 radical (unpaired) electrons. The Hall–Kier alpha value is -0.780. The van der Waals surface area contributed by atoms with Crippen molar-refractivity contribution < 1.29 is 13.0 Å². The van der Waals surface area contributed by atoms with Crippen LogP contribution in [0.5, 0.6) is 0 Å². The first-order valence-corrected chi connectivity index (χ1v) is 6.77. The van der Waals surface area contributed by atoms with Gasteiger partial charge in [0.05, 0.1) is 5.69 Å². The van der Waals surface area contributed by atoms with Gasteiger partial charge in [-0.2, -0.15) is 8.42 Å². The van der Waals surface area contributed by atoms with Gasteiger partial charge in [0, 0.05) is 6.54 Å². The molecule has 0 saturated heterocycles. The van der Waals surface area contributed by atoms with Gasteiger partial charge in [-0.15, -0.1) is 12.4 Å². The van der Waals surface area contributed by atoms with Crippen LogP contribution in [-0.2, 0) is 16.5 Å². The van der Waals surface area contributed by atoms with Crippen LogP contribution in [0.15, 0.2) is 23.1 Å². The second-order valence-electron chi connectivity index (χ2n) is 3.59. The molecule has 4 nitrogen and oxygen atoms in total. The van der Waals surface area contributed by atoms with Crippen LogP contribution in [0.1, 0.15) is 25.8 Å². The summed E-state index contributed by atoms with van der Waals surface area (Å²) in [5.74, 6) is 0. The van der Waals surface area contributed by atoms with Gasteiger partial charge < -0.3 is 5.32 Å². The lowest BCUT2D eigenvalue weighted by Crippen LogP contribution is -2.07. The summed E-state index contributed by atoms with van der Waals surface area (Å²) in [7, 11) is -4.15. The molecule has 1 aromatic rings. The van der Waals surface area contributed by atoms with Gasteiger partial charge in [-0.3, -0.25) is 4.55 Å². The van der Waals surface area contributed by atoms with Crippen LogP contribution in [-0.4, -0.2) is 19.5 Å². The zero-order chi connectivity index (χ0) is 12.2. The first kappa shape index (κ1) is 16.2. The maximum absolute atomic E-state index is 11.1. The Morgan fingerprint density at radius 1 is 1.29 bits per heavy atom. The first-order chi connectivity index (χ1) is 7.49. The third-order valence-electron chi connectivity index (χ3n) is 2.30. The predicted octanol–water partition coefficient (Wildman–Crippen LogP) is 2.74. The quantitative estimate of drug-likeness (QED) is 0.814. The molecule has 0 unspecified atom stereocenters. The molecule has 0 atom stereocenters. The fourth-order valence-electron chi connectivity index (χ4n) is 1.42. The Morgan fingerprint density at radius 2 is 1.94 bits per heavy atom. The lowest BCUT2D eigenvalue weighted by atomic mass is 10.1. The maximum Gasteiger partial charge on any atom is 0.296 e. The summed E-state index contributed by atoms with van der Waals surface area (Å²) in [5.41, 5.74) is 1.51. The summed E-state index contributed by atoms with van der Waals surface area (Å²) in [5, 5.41) is 3.01. The van der Waals surface area contributed by atoms with Crippen molar-refractivity contribution in [2.24, 2.45) is 0 Å². The molecular weight excluding hydrogens is 262 g/mol. The third-order valence-corrected chi connectivity index (χ3v) is 3.21. The summed E-state index contributed by atoms with van der Waals surface area (Å²) < 4.78 is 31.3. The number of hydrogen-bond acceptors (Lipinski definition) is 3. The van der Waals surface area contributed by atoms with Gasteiger partial charge in [0.1, 0.15) is 4.90 Å². The number of rotatable bonds is 5. The zero-order valence-electron chi connectivity index (χ0n) is 9.93. The Bertz CT molecular complexity index is 460. The van der Waals surface area contributed by atoms with Crippen molar-refractivity contribution in [1.29, 1.82) is 0 Å². The SMILES string of the molecule is CCCNc1cc(CC)ccc1S(=O)(=O)O.Cl. The smallest absolute Gasteiger partial charge is 0.296 e. The van der Waals surface area contributed by atoms with Crippen molar-refractivity contribution in [1.82, 2.24) is 0 Å². The van der Waals surface area contributed by atoms with Gasteiger partial charge in [-0.05, 0) is 30.5 Å². The van der Waals surface area contributed by atoms with E-state index in [-0.39, 0.29) is 17.3 Å². The van der Waals surface area contributed by atoms with Crippen LogP contribution in [0.25, 0.3) is 0 Å². The fourth-order valence-corrected chi connectivity index (χ4v) is 2.07. The average molecular weight is 280 g/mol. The molecule has 98 valence electrons. The Balaban J connectivity index is 0.00000256. The number of benzene rings is 1. The van der Waals surface area contributed by atoms with E-state index in [0.717, 1.165) is 18.4 Å². The summed E-state index contributed by atoms with van der Waals surface area (Å²) in [6.07, 6.45) is 1.72. The number of halogens is 1. The topological polar surface area (TPSA) is 66.4 Å². The lowest BCUT2D eigenvalue weighted by molar-refractivity contribution is 0.483. The summed E-state index contributed by atoms with van der Waals surface area (Å²) in [6, 6.07) is 4.91. The third kappa shape index (κ3) is 4.53. The van der Waals surface area contributed by atoms with Gasteiger partial charge in [0.25, 0.3) is 10.1 Å². The second kappa shape index (κ2) is 6.83. The molecule has 0 spiro atoms. The van der Waals surface area contributed by atoms with Crippen molar-refractivity contribution in [3.63, 3.8) is 0 Å². The Morgan fingerprint density at radius 3 is 2.41 bits per heavy atom. The first-order valence-electron chi connectivity index (χ1n) is 5.33. The molecule has 0 amide bonds. The van der Waals surface area contributed by atoms with Crippen LogP contribution >= 0.6 is 12.4 Å². The highest BCUT2D eigenvalue weighted by atomic mass is 35.5. The van der Waals surface area contributed by atoms with Crippen LogP contribution in [0, 0.1) is 0 Å². The van der Waals surface area contributed by atoms with E-state index < -0.39 is 10.1 Å². The second-order valence-corrected chi connectivity index (χ2v) is 4.98. The molecule has 2 N–H and O–H groups in total. The molecule has 6 heteroatoms. The highest BCUT2D eigenvalue weighted by Crippen LogP contribution is 2.22. The van der Waals surface area contributed by atoms with Crippen molar-refractivity contribution in [3.8, 4) is 0 Å². The average Bonchev–Trinajstić information content (AvgIpc) is 2.24. The highest BCUT2D eigenvalue weighted by molar-refractivity contribution is 7.86. The standard InChI is InChI=1S/C11H17NO3S.ClH/c1-3-7-12-10-8-9(4-2)5-6-11(10)16(13,14)15;/h5-6,8,12H,3-4,7H2,1-2H3,(H,13,14,15);1H. The molecule has 0 saturated carbocycles. The van der Waals surface area contributed by atoms with Gasteiger partial charge >= 0.3 is 0 Å². The Kier molecular flexibility index (Phi) is 6.52. The molecule has 1 rings (SSSR count). The van der Waals surface area contributed by atoms with E-state index in [1.165, 1.54) is 6.07 Å². The number of aryl methyl sites for hydroxylation is 1. The van der Waals surface area contributed by atoms with Gasteiger partial charge in [-0.1, -0.05) is 19.9 Å². The molecule has 1 aromatic carbocycles. The van der Waals surface area contributed by atoms with E-state index >= 15 is 0 Å². The van der Waals surface area contributed by atoms with Gasteiger partial charge in [0.2, 0.25) is 0 Å². The Labute approximate surface area is 109 Å². The predicted molar refractivity (Wildman–Crippen MR) is 71.7 cm³/mol. The molecule has 0 aliphatic heterocycles. The zero-order valence-corrected chi connectivity index (χ0v) is 11.6. The monoisotopic (exact) mass is 279 g/mol. The summed E-state index contributed by atoms with van der Waals surface area (Å²) >= 11 is 0. The molecule has 0 aliphatic carbocycles. The largest absolute Gasteiger partial charge is 0.384 e. The van der Waals surface area contributed by atoms with Crippen LogP contribution in [0.3, 0.4) is 0 Å². The number of hydrogen-bond donors (Lipinski definition) is 2. The van der Waals surface area contributed by atoms with Crippen molar-refractivity contribution in [2.75, 3.05) is 11.9 Å². The van der Waals surface area contributed by atoms with Crippen LogP contribution < -0.4 is 5.32 Å². The van der Waals surface area contributed by atoms with Crippen molar-refractivity contribution in [3.05, 3.63) is 23.8 Å². The number of nitrogens with one attached hydrogen (secondary N) is 1. The van der Waals surface area contributed by atoms with Crippen LogP contribution in [0.4, 0.5) is 5.69 Å². The minimum absolute atomic E-state index is 0. The highest BCUT2D eigenvalue weighted by Gasteiger charge is 2.15. The molecule has 0 fully saturated rings. The summed E-state index contributed by atoms with van der Waals surface area (Å²) in [6.45, 7) is 4.66. The molecule has 17 heavy (non-hydrogen) atoms. The van der Waals surface area contributed by atoms with E-state index in [1.54, 1.807) is 12.1 Å². The molecule has 0 bridgehead atoms. The lowest BCUT2D eigenvalue weighted by Gasteiger charge is -2.10. The van der Waals surface area contributed by atoms with Gasteiger partial charge in [0.15, 0.2) is 0 Å². The number of anilines is 1. The molecule has 0 heterocycles. The maximum atomic E-state index is 11.1. The van der Waals surface area contributed by atoms with Crippen molar-refractivity contribution in [2.45, 2.75) is 31.6 Å². The van der Waals surface area contributed by atoms with E-state index in [2.05, 4.69) is 5.32 Å². The van der Waals surface area contributed by atoms with Crippen molar-refractivity contribution >= 4 is 28.2 Å². The summed E-state index contributed by atoms with van der Waals surface area (Å²) in [4.78, 5) is -0.0573. The molecule has 0 aliphatic rings. The van der Waals surface area contributed by atoms with Crippen LogP contribution in [0.2, 0.25) is 0 Å².